The molecule has 0 aliphatic heterocycles. The number of hydrogen-bond donors (Lipinski definition) is 2. The van der Waals surface area contributed by atoms with E-state index in [1.165, 1.54) is 10.4 Å². The van der Waals surface area contributed by atoms with Crippen LogP contribution in [-0.2, 0) is 10.0 Å². The second-order valence-electron chi connectivity index (χ2n) is 3.41. The van der Waals surface area contributed by atoms with Crippen LogP contribution >= 0.6 is 15.9 Å². The molecule has 0 radical (unpaired) electrons. The molecule has 5 nitrogen and oxygen atoms in total. The monoisotopic (exact) mass is 322 g/mol. The maximum atomic E-state index is 12.3. The molecular weight excluding hydrogens is 308 g/mol. The zero-order valence-corrected chi connectivity index (χ0v) is 11.8. The molecule has 96 valence electrons. The maximum absolute atomic E-state index is 12.3. The molecule has 1 aromatic carbocycles. The first-order valence-corrected chi connectivity index (χ1v) is 7.32. The third kappa shape index (κ3) is 3.19. The van der Waals surface area contributed by atoms with E-state index >= 15 is 0 Å². The summed E-state index contributed by atoms with van der Waals surface area (Å²) in [6, 6.07) is 4.61. The number of benzene rings is 1. The minimum atomic E-state index is -3.62. The van der Waals surface area contributed by atoms with E-state index in [1.807, 2.05) is 0 Å². The Morgan fingerprint density at radius 2 is 2.12 bits per heavy atom. The van der Waals surface area contributed by atoms with Crippen LogP contribution in [0.1, 0.15) is 6.92 Å². The fourth-order valence-electron chi connectivity index (χ4n) is 1.42. The van der Waals surface area contributed by atoms with Gasteiger partial charge in [0.2, 0.25) is 10.0 Å². The number of aliphatic hydroxyl groups excluding tert-OH is 1. The number of hydrogen-bond acceptors (Lipinski definition) is 4. The largest absolute Gasteiger partial charge is 0.399 e. The van der Waals surface area contributed by atoms with Crippen LogP contribution in [0.3, 0.4) is 0 Å². The van der Waals surface area contributed by atoms with E-state index in [0.29, 0.717) is 16.7 Å². The molecule has 0 fully saturated rings. The predicted molar refractivity (Wildman–Crippen MR) is 70.1 cm³/mol. The summed E-state index contributed by atoms with van der Waals surface area (Å²) >= 11 is 3.19. The molecule has 7 heteroatoms. The van der Waals surface area contributed by atoms with Gasteiger partial charge in [-0.05, 0) is 34.1 Å². The van der Waals surface area contributed by atoms with Gasteiger partial charge in [0.05, 0.1) is 11.5 Å². The average Bonchev–Trinajstić information content (AvgIpc) is 2.28. The smallest absolute Gasteiger partial charge is 0.244 e. The summed E-state index contributed by atoms with van der Waals surface area (Å²) in [5.41, 5.74) is 5.97. The van der Waals surface area contributed by atoms with Gasteiger partial charge >= 0.3 is 0 Å². The molecule has 0 heterocycles. The van der Waals surface area contributed by atoms with Crippen LogP contribution in [0.5, 0.6) is 0 Å². The van der Waals surface area contributed by atoms with Crippen molar-refractivity contribution < 1.29 is 13.5 Å². The van der Waals surface area contributed by atoms with E-state index in [1.54, 1.807) is 19.1 Å². The summed E-state index contributed by atoms with van der Waals surface area (Å²) in [5.74, 6) is 0. The first-order chi connectivity index (χ1) is 7.93. The van der Waals surface area contributed by atoms with Crippen molar-refractivity contribution in [3.8, 4) is 0 Å². The van der Waals surface area contributed by atoms with Gasteiger partial charge in [0.25, 0.3) is 0 Å². The molecule has 0 aliphatic carbocycles. The molecule has 17 heavy (non-hydrogen) atoms. The molecule has 0 saturated carbocycles. The first-order valence-electron chi connectivity index (χ1n) is 5.09. The number of rotatable bonds is 5. The Balaban J connectivity index is 3.24. The highest BCUT2D eigenvalue weighted by Gasteiger charge is 2.24. The third-order valence-electron chi connectivity index (χ3n) is 2.28. The minimum absolute atomic E-state index is 0.0695. The average molecular weight is 323 g/mol. The van der Waals surface area contributed by atoms with Crippen molar-refractivity contribution in [2.24, 2.45) is 0 Å². The first kappa shape index (κ1) is 14.4. The van der Waals surface area contributed by atoms with Gasteiger partial charge < -0.3 is 10.8 Å². The van der Waals surface area contributed by atoms with E-state index in [4.69, 9.17) is 10.8 Å². The SMILES string of the molecule is CCN(CCO)S(=O)(=O)c1cc(N)ccc1Br. The van der Waals surface area contributed by atoms with Crippen LogP contribution in [0, 0.1) is 0 Å². The Kier molecular flexibility index (Phi) is 4.93. The van der Waals surface area contributed by atoms with Crippen LogP contribution in [0.25, 0.3) is 0 Å². The number of aliphatic hydroxyl groups is 1. The Morgan fingerprint density at radius 1 is 1.47 bits per heavy atom. The molecule has 1 rings (SSSR count). The Hall–Kier alpha value is -0.630. The lowest BCUT2D eigenvalue weighted by molar-refractivity contribution is 0.257. The fourth-order valence-corrected chi connectivity index (χ4v) is 3.82. The third-order valence-corrected chi connectivity index (χ3v) is 5.24. The van der Waals surface area contributed by atoms with Crippen molar-refractivity contribution in [3.63, 3.8) is 0 Å². The van der Waals surface area contributed by atoms with Crippen molar-refractivity contribution in [2.45, 2.75) is 11.8 Å². The van der Waals surface area contributed by atoms with Crippen LogP contribution < -0.4 is 5.73 Å². The molecule has 3 N–H and O–H groups in total. The number of sulfonamides is 1. The van der Waals surface area contributed by atoms with Gasteiger partial charge in [-0.15, -0.1) is 0 Å². The zero-order valence-electron chi connectivity index (χ0n) is 9.43. The molecule has 0 atom stereocenters. The van der Waals surface area contributed by atoms with Crippen molar-refractivity contribution >= 4 is 31.6 Å². The number of nitrogen functional groups attached to an aromatic ring is 1. The number of nitrogens with zero attached hydrogens (tertiary/aromatic N) is 1. The van der Waals surface area contributed by atoms with Crippen LogP contribution in [-0.4, -0.2) is 37.5 Å². The highest BCUT2D eigenvalue weighted by Crippen LogP contribution is 2.26. The second kappa shape index (κ2) is 5.81. The maximum Gasteiger partial charge on any atom is 0.244 e. The molecular formula is C10H15BrN2O3S. The van der Waals surface area contributed by atoms with Gasteiger partial charge in [0, 0.05) is 23.2 Å². The van der Waals surface area contributed by atoms with Crippen molar-refractivity contribution in [2.75, 3.05) is 25.4 Å². The molecule has 0 bridgehead atoms. The highest BCUT2D eigenvalue weighted by molar-refractivity contribution is 9.10. The molecule has 0 unspecified atom stereocenters. The molecule has 0 spiro atoms. The lowest BCUT2D eigenvalue weighted by Gasteiger charge is -2.20. The Bertz CT molecular complexity index is 490. The molecule has 0 saturated heterocycles. The van der Waals surface area contributed by atoms with Gasteiger partial charge in [0.1, 0.15) is 0 Å². The van der Waals surface area contributed by atoms with E-state index in [-0.39, 0.29) is 18.0 Å². The lowest BCUT2D eigenvalue weighted by Crippen LogP contribution is -2.33. The normalized spacial score (nSPS) is 12.0. The van der Waals surface area contributed by atoms with Gasteiger partial charge in [-0.25, -0.2) is 8.42 Å². The Morgan fingerprint density at radius 3 is 2.65 bits per heavy atom. The molecule has 1 aromatic rings. The summed E-state index contributed by atoms with van der Waals surface area (Å²) in [7, 11) is -3.62. The van der Waals surface area contributed by atoms with E-state index in [9.17, 15) is 8.42 Å². The predicted octanol–water partition coefficient (Wildman–Crippen LogP) is 1.03. The summed E-state index contributed by atoms with van der Waals surface area (Å²) in [4.78, 5) is 0.118. The summed E-state index contributed by atoms with van der Waals surface area (Å²) in [6.07, 6.45) is 0. The van der Waals surface area contributed by atoms with Crippen molar-refractivity contribution in [1.29, 1.82) is 0 Å². The number of likely N-dealkylation sites (N-methyl/N-ethyl adjacent to an activating group) is 1. The minimum Gasteiger partial charge on any atom is -0.399 e. The van der Waals surface area contributed by atoms with Gasteiger partial charge in [-0.2, -0.15) is 4.31 Å². The number of anilines is 1. The summed E-state index contributed by atoms with van der Waals surface area (Å²) in [6.45, 7) is 1.87. The fraction of sp³-hybridized carbons (Fsp3) is 0.400. The molecule has 0 aromatic heterocycles. The Labute approximate surface area is 109 Å². The summed E-state index contributed by atoms with van der Waals surface area (Å²) < 4.78 is 26.2. The van der Waals surface area contributed by atoms with E-state index in [2.05, 4.69) is 15.9 Å². The second-order valence-corrected chi connectivity index (χ2v) is 6.17. The lowest BCUT2D eigenvalue weighted by atomic mass is 10.3. The summed E-state index contributed by atoms with van der Waals surface area (Å²) in [5, 5.41) is 8.86. The van der Waals surface area contributed by atoms with Crippen LogP contribution in [0.2, 0.25) is 0 Å². The van der Waals surface area contributed by atoms with Gasteiger partial charge in [-0.3, -0.25) is 0 Å². The van der Waals surface area contributed by atoms with Crippen molar-refractivity contribution in [3.05, 3.63) is 22.7 Å². The van der Waals surface area contributed by atoms with Crippen LogP contribution in [0.4, 0.5) is 5.69 Å². The van der Waals surface area contributed by atoms with E-state index in [0.717, 1.165) is 0 Å². The standard InChI is InChI=1S/C10H15BrN2O3S/c1-2-13(5-6-14)17(15,16)10-7-8(12)3-4-9(10)11/h3-4,7,14H,2,5-6,12H2,1H3. The van der Waals surface area contributed by atoms with Crippen molar-refractivity contribution in [1.82, 2.24) is 4.31 Å². The topological polar surface area (TPSA) is 83.6 Å². The molecule has 0 aliphatic rings. The van der Waals surface area contributed by atoms with Gasteiger partial charge in [-0.1, -0.05) is 6.92 Å². The molecule has 0 amide bonds. The number of nitrogens with two attached hydrogens (primary N) is 1. The van der Waals surface area contributed by atoms with E-state index < -0.39 is 10.0 Å². The van der Waals surface area contributed by atoms with Crippen LogP contribution in [0.15, 0.2) is 27.6 Å². The van der Waals surface area contributed by atoms with Gasteiger partial charge in [0.15, 0.2) is 0 Å². The number of halogens is 1. The highest BCUT2D eigenvalue weighted by atomic mass is 79.9. The quantitative estimate of drug-likeness (QED) is 0.793. The zero-order chi connectivity index (χ0) is 13.1.